The molecule has 0 unspecified atom stereocenters. The molecule has 1 aliphatic heterocycles. The van der Waals surface area contributed by atoms with Gasteiger partial charge in [0.2, 0.25) is 5.91 Å². The Balaban J connectivity index is 1.66. The smallest absolute Gasteiger partial charge is 0.271 e. The number of nitrogens with one attached hydrogen (secondary N) is 1. The molecule has 0 aliphatic carbocycles. The van der Waals surface area contributed by atoms with Gasteiger partial charge in [-0.25, -0.2) is 8.42 Å². The Morgan fingerprint density at radius 2 is 1.93 bits per heavy atom. The first kappa shape index (κ1) is 19.5. The van der Waals surface area contributed by atoms with Gasteiger partial charge in [0.25, 0.3) is 15.7 Å². The van der Waals surface area contributed by atoms with Crippen molar-refractivity contribution in [1.29, 1.82) is 0 Å². The van der Waals surface area contributed by atoms with E-state index < -0.39 is 14.9 Å². The van der Waals surface area contributed by atoms with Gasteiger partial charge in [0, 0.05) is 35.8 Å². The summed E-state index contributed by atoms with van der Waals surface area (Å²) >= 11 is 1.08. The van der Waals surface area contributed by atoms with Crippen molar-refractivity contribution in [3.8, 4) is 0 Å². The third-order valence-electron chi connectivity index (χ3n) is 4.22. The van der Waals surface area contributed by atoms with Crippen LogP contribution >= 0.6 is 11.3 Å². The highest BCUT2D eigenvalue weighted by atomic mass is 32.2. The Labute approximate surface area is 161 Å². The maximum Gasteiger partial charge on any atom is 0.271 e. The molecule has 1 aromatic carbocycles. The number of sulfonamides is 1. The maximum atomic E-state index is 12.7. The first-order valence-electron chi connectivity index (χ1n) is 8.49. The fourth-order valence-corrected chi connectivity index (χ4v) is 5.91. The van der Waals surface area contributed by atoms with E-state index in [-0.39, 0.29) is 22.2 Å². The summed E-state index contributed by atoms with van der Waals surface area (Å²) in [5.74, 6) is -0.362. The molecule has 1 saturated heterocycles. The van der Waals surface area contributed by atoms with Gasteiger partial charge < -0.3 is 5.32 Å². The van der Waals surface area contributed by atoms with Gasteiger partial charge in [-0.3, -0.25) is 14.9 Å². The van der Waals surface area contributed by atoms with Crippen LogP contribution in [0.1, 0.15) is 24.1 Å². The molecule has 1 amide bonds. The molecule has 2 heterocycles. The van der Waals surface area contributed by atoms with Crippen molar-refractivity contribution in [2.24, 2.45) is 0 Å². The molecule has 0 spiro atoms. The third kappa shape index (κ3) is 4.71. The van der Waals surface area contributed by atoms with Crippen LogP contribution in [0, 0.1) is 10.1 Å². The van der Waals surface area contributed by atoms with E-state index in [4.69, 9.17) is 0 Å². The number of anilines is 1. The highest BCUT2D eigenvalue weighted by Gasteiger charge is 2.27. The molecule has 3 rings (SSSR count). The molecule has 0 radical (unpaired) electrons. The molecule has 0 saturated carbocycles. The normalized spacial score (nSPS) is 15.4. The quantitative estimate of drug-likeness (QED) is 0.582. The van der Waals surface area contributed by atoms with Crippen LogP contribution in [0.15, 0.2) is 40.6 Å². The molecule has 0 atom stereocenters. The highest BCUT2D eigenvalue weighted by molar-refractivity contribution is 7.91. The summed E-state index contributed by atoms with van der Waals surface area (Å²) in [5, 5.41) is 13.4. The Kier molecular flexibility index (Phi) is 5.88. The summed E-state index contributed by atoms with van der Waals surface area (Å²) in [7, 11) is -3.51. The largest absolute Gasteiger partial charge is 0.326 e. The molecular weight excluding hydrogens is 390 g/mol. The lowest BCUT2D eigenvalue weighted by Crippen LogP contribution is -2.35. The van der Waals surface area contributed by atoms with Crippen molar-refractivity contribution in [3.05, 3.63) is 51.4 Å². The number of non-ortho nitro benzene ring substituents is 1. The van der Waals surface area contributed by atoms with Crippen molar-refractivity contribution >= 4 is 38.6 Å². The van der Waals surface area contributed by atoms with E-state index in [1.54, 1.807) is 12.1 Å². The number of hydrogen-bond donors (Lipinski definition) is 1. The summed E-state index contributed by atoms with van der Waals surface area (Å²) in [4.78, 5) is 23.1. The number of nitro benzene ring substituents is 1. The van der Waals surface area contributed by atoms with E-state index in [0.717, 1.165) is 30.6 Å². The molecule has 1 aromatic heterocycles. The fourth-order valence-electron chi connectivity index (χ4n) is 2.89. The standard InChI is InChI=1S/C17H19N3O5S2/c21-16(18-13-5-4-6-14(11-13)20(22)23)12-15-7-8-17(26-15)27(24,25)19-9-2-1-3-10-19/h4-8,11H,1-3,9-10,12H2,(H,18,21). The second kappa shape index (κ2) is 8.15. The van der Waals surface area contributed by atoms with Gasteiger partial charge in [0.05, 0.1) is 11.3 Å². The zero-order valence-corrected chi connectivity index (χ0v) is 16.1. The lowest BCUT2D eigenvalue weighted by Gasteiger charge is -2.25. The van der Waals surface area contributed by atoms with Crippen LogP contribution in [0.3, 0.4) is 0 Å². The third-order valence-corrected chi connectivity index (χ3v) is 7.67. The zero-order valence-electron chi connectivity index (χ0n) is 14.5. The van der Waals surface area contributed by atoms with E-state index in [2.05, 4.69) is 5.32 Å². The van der Waals surface area contributed by atoms with Crippen molar-refractivity contribution in [3.63, 3.8) is 0 Å². The lowest BCUT2D eigenvalue weighted by molar-refractivity contribution is -0.384. The van der Waals surface area contributed by atoms with E-state index in [9.17, 15) is 23.3 Å². The number of carbonyl (C=O) groups is 1. The van der Waals surface area contributed by atoms with Crippen molar-refractivity contribution in [1.82, 2.24) is 4.31 Å². The number of rotatable bonds is 6. The van der Waals surface area contributed by atoms with Gasteiger partial charge in [0.15, 0.2) is 0 Å². The summed E-state index contributed by atoms with van der Waals surface area (Å²) in [6.45, 7) is 1.06. The van der Waals surface area contributed by atoms with Gasteiger partial charge in [-0.05, 0) is 31.0 Å². The number of piperidine rings is 1. The maximum absolute atomic E-state index is 12.7. The van der Waals surface area contributed by atoms with Crippen LogP contribution in [-0.4, -0.2) is 36.6 Å². The average molecular weight is 409 g/mol. The minimum Gasteiger partial charge on any atom is -0.326 e. The van der Waals surface area contributed by atoms with Gasteiger partial charge in [-0.15, -0.1) is 11.3 Å². The number of carbonyl (C=O) groups excluding carboxylic acids is 1. The van der Waals surface area contributed by atoms with Crippen LogP contribution in [0.4, 0.5) is 11.4 Å². The summed E-state index contributed by atoms with van der Waals surface area (Å²) in [6.07, 6.45) is 2.77. The Hall–Kier alpha value is -2.30. The first-order chi connectivity index (χ1) is 12.9. The van der Waals surface area contributed by atoms with Gasteiger partial charge >= 0.3 is 0 Å². The van der Waals surface area contributed by atoms with Gasteiger partial charge in [0.1, 0.15) is 4.21 Å². The summed E-state index contributed by atoms with van der Waals surface area (Å²) in [6, 6.07) is 8.83. The van der Waals surface area contributed by atoms with Crippen LogP contribution in [-0.2, 0) is 21.2 Å². The van der Waals surface area contributed by atoms with Gasteiger partial charge in [-0.2, -0.15) is 4.31 Å². The molecule has 10 heteroatoms. The zero-order chi connectivity index (χ0) is 19.4. The van der Waals surface area contributed by atoms with Gasteiger partial charge in [-0.1, -0.05) is 12.5 Å². The number of amides is 1. The average Bonchev–Trinajstić information content (AvgIpc) is 3.11. The van der Waals surface area contributed by atoms with Crippen LogP contribution in [0.2, 0.25) is 0 Å². The number of nitrogens with zero attached hydrogens (tertiary/aromatic N) is 2. The Morgan fingerprint density at radius 1 is 1.19 bits per heavy atom. The number of benzene rings is 1. The topological polar surface area (TPSA) is 110 Å². The molecule has 1 fully saturated rings. The van der Waals surface area contributed by atoms with Crippen molar-refractivity contribution < 1.29 is 18.1 Å². The van der Waals surface area contributed by atoms with E-state index >= 15 is 0 Å². The monoisotopic (exact) mass is 409 g/mol. The molecule has 0 bridgehead atoms. The molecule has 2 aromatic rings. The predicted octanol–water partition coefficient (Wildman–Crippen LogP) is 3.01. The van der Waals surface area contributed by atoms with E-state index in [1.807, 2.05) is 0 Å². The van der Waals surface area contributed by atoms with Crippen LogP contribution < -0.4 is 5.32 Å². The van der Waals surface area contributed by atoms with Crippen molar-refractivity contribution in [2.45, 2.75) is 29.9 Å². The second-order valence-electron chi connectivity index (χ2n) is 6.22. The summed E-state index contributed by atoms with van der Waals surface area (Å²) < 4.78 is 27.0. The van der Waals surface area contributed by atoms with Crippen molar-refractivity contribution in [2.75, 3.05) is 18.4 Å². The highest BCUT2D eigenvalue weighted by Crippen LogP contribution is 2.27. The van der Waals surface area contributed by atoms with E-state index in [1.165, 1.54) is 28.6 Å². The molecule has 8 nitrogen and oxygen atoms in total. The van der Waals surface area contributed by atoms with Crippen LogP contribution in [0.25, 0.3) is 0 Å². The molecule has 1 aliphatic rings. The second-order valence-corrected chi connectivity index (χ2v) is 9.55. The minimum absolute atomic E-state index is 0.00286. The molecular formula is C17H19N3O5S2. The lowest BCUT2D eigenvalue weighted by atomic mass is 10.2. The summed E-state index contributed by atoms with van der Waals surface area (Å²) in [5.41, 5.74) is 0.214. The number of thiophene rings is 1. The molecule has 1 N–H and O–H groups in total. The Bertz CT molecular complexity index is 949. The molecule has 144 valence electrons. The fraction of sp³-hybridized carbons (Fsp3) is 0.353. The molecule has 27 heavy (non-hydrogen) atoms. The predicted molar refractivity (Wildman–Crippen MR) is 102 cm³/mol. The minimum atomic E-state index is -3.51. The SMILES string of the molecule is O=C(Cc1ccc(S(=O)(=O)N2CCCCC2)s1)Nc1cccc([N+](=O)[O-])c1. The van der Waals surface area contributed by atoms with E-state index in [0.29, 0.717) is 23.7 Å². The number of hydrogen-bond acceptors (Lipinski definition) is 6. The Morgan fingerprint density at radius 3 is 2.63 bits per heavy atom. The first-order valence-corrected chi connectivity index (χ1v) is 10.7. The number of nitro groups is 1. The van der Waals surface area contributed by atoms with Crippen LogP contribution in [0.5, 0.6) is 0 Å².